The van der Waals surface area contributed by atoms with E-state index in [0.29, 0.717) is 12.4 Å². The van der Waals surface area contributed by atoms with Gasteiger partial charge in [0.25, 0.3) is 5.69 Å². The number of benzene rings is 2. The van der Waals surface area contributed by atoms with E-state index < -0.39 is 4.92 Å². The minimum absolute atomic E-state index is 0.0290. The number of hydrogen-bond acceptors (Lipinski definition) is 5. The third-order valence-electron chi connectivity index (χ3n) is 5.15. The van der Waals surface area contributed by atoms with Crippen LogP contribution in [-0.4, -0.2) is 17.1 Å². The van der Waals surface area contributed by atoms with E-state index in [1.54, 1.807) is 6.07 Å². The van der Waals surface area contributed by atoms with Gasteiger partial charge in [0.15, 0.2) is 0 Å². The second kappa shape index (κ2) is 5.00. The van der Waals surface area contributed by atoms with E-state index in [0.717, 1.165) is 28.2 Å². The molecule has 0 saturated carbocycles. The summed E-state index contributed by atoms with van der Waals surface area (Å²) < 4.78 is 18.2. The molecule has 0 fully saturated rings. The molecule has 0 N–H and O–H groups in total. The average molecular weight is 351 g/mol. The van der Waals surface area contributed by atoms with E-state index in [1.807, 2.05) is 38.1 Å². The molecule has 0 aromatic heterocycles. The van der Waals surface area contributed by atoms with Gasteiger partial charge in [-0.25, -0.2) is 0 Å². The Bertz CT molecular complexity index is 978. The van der Waals surface area contributed by atoms with Crippen LogP contribution in [-0.2, 0) is 0 Å². The lowest BCUT2D eigenvalue weighted by molar-refractivity contribution is -0.384. The molecular formula is C20H17NO5. The van der Waals surface area contributed by atoms with Crippen molar-refractivity contribution in [3.63, 3.8) is 0 Å². The van der Waals surface area contributed by atoms with E-state index >= 15 is 0 Å². The Labute approximate surface area is 150 Å². The summed E-state index contributed by atoms with van der Waals surface area (Å²) in [5, 5.41) is 11.0. The average Bonchev–Trinajstić information content (AvgIpc) is 2.98. The minimum atomic E-state index is -0.406. The fourth-order valence-electron chi connectivity index (χ4n) is 3.89. The van der Waals surface area contributed by atoms with Crippen molar-refractivity contribution in [2.24, 2.45) is 0 Å². The Morgan fingerprint density at radius 3 is 2.77 bits per heavy atom. The summed E-state index contributed by atoms with van der Waals surface area (Å²) in [6.07, 6.45) is 3.84. The normalized spacial score (nSPS) is 23.5. The number of nitro groups is 1. The zero-order valence-electron chi connectivity index (χ0n) is 14.4. The van der Waals surface area contributed by atoms with Crippen molar-refractivity contribution in [1.82, 2.24) is 0 Å². The van der Waals surface area contributed by atoms with E-state index in [4.69, 9.17) is 14.2 Å². The number of fused-ring (bicyclic) bond motifs is 7. The topological polar surface area (TPSA) is 70.8 Å². The Morgan fingerprint density at radius 2 is 1.96 bits per heavy atom. The fraction of sp³-hybridized carbons (Fsp3) is 0.300. The molecule has 132 valence electrons. The summed E-state index contributed by atoms with van der Waals surface area (Å²) in [5.41, 5.74) is 2.51. The van der Waals surface area contributed by atoms with Gasteiger partial charge in [0.2, 0.25) is 0 Å². The summed E-state index contributed by atoms with van der Waals surface area (Å²) in [6, 6.07) is 8.71. The molecule has 0 radical (unpaired) electrons. The quantitative estimate of drug-likeness (QED) is 0.563. The van der Waals surface area contributed by atoms with Crippen molar-refractivity contribution in [2.45, 2.75) is 31.5 Å². The standard InChI is InChI=1S/C20H17NO5/c1-20(2)8-7-13-16(26-20)6-5-14-18(13)24-10-15-12-4-3-11(21(22)23)9-17(12)25-19(14)15/h3-9,15,19H,10H2,1-2H3/t15-,19-/m0/s1. The molecular weight excluding hydrogens is 334 g/mol. The maximum absolute atomic E-state index is 11.0. The van der Waals surface area contributed by atoms with Crippen LogP contribution < -0.4 is 14.2 Å². The SMILES string of the molecule is CC1(C)C=Cc2c(ccc3c2OC[C@H]2c4ccc([N+](=O)[O-])cc4O[C@@H]32)O1. The number of nitrogens with zero attached hydrogens (tertiary/aromatic N) is 1. The van der Waals surface area contributed by atoms with Crippen molar-refractivity contribution < 1.29 is 19.1 Å². The van der Waals surface area contributed by atoms with Crippen LogP contribution in [0, 0.1) is 10.1 Å². The van der Waals surface area contributed by atoms with E-state index in [2.05, 4.69) is 0 Å². The highest BCUT2D eigenvalue weighted by molar-refractivity contribution is 5.70. The van der Waals surface area contributed by atoms with Gasteiger partial charge in [-0.15, -0.1) is 0 Å². The van der Waals surface area contributed by atoms with E-state index in [9.17, 15) is 10.1 Å². The molecule has 2 aromatic carbocycles. The van der Waals surface area contributed by atoms with Gasteiger partial charge in [0, 0.05) is 17.2 Å². The maximum Gasteiger partial charge on any atom is 0.273 e. The van der Waals surface area contributed by atoms with Crippen LogP contribution in [0.1, 0.15) is 42.6 Å². The predicted molar refractivity (Wildman–Crippen MR) is 94.9 cm³/mol. The predicted octanol–water partition coefficient (Wildman–Crippen LogP) is 4.39. The second-order valence-electron chi connectivity index (χ2n) is 7.37. The molecule has 3 aliphatic heterocycles. The molecule has 0 amide bonds. The highest BCUT2D eigenvalue weighted by Gasteiger charge is 2.42. The van der Waals surface area contributed by atoms with Crippen LogP contribution in [0.2, 0.25) is 0 Å². The van der Waals surface area contributed by atoms with Gasteiger partial charge in [-0.3, -0.25) is 10.1 Å². The lowest BCUT2D eigenvalue weighted by atomic mass is 9.87. The zero-order chi connectivity index (χ0) is 18.1. The molecule has 5 rings (SSSR count). The van der Waals surface area contributed by atoms with Gasteiger partial charge in [-0.2, -0.15) is 0 Å². The summed E-state index contributed by atoms with van der Waals surface area (Å²) in [7, 11) is 0. The molecule has 2 atom stereocenters. The van der Waals surface area contributed by atoms with Crippen LogP contribution in [0.5, 0.6) is 17.2 Å². The Balaban J connectivity index is 1.57. The number of non-ortho nitro benzene ring substituents is 1. The number of ether oxygens (including phenoxy) is 3. The number of hydrogen-bond donors (Lipinski definition) is 0. The van der Waals surface area contributed by atoms with Crippen LogP contribution in [0.15, 0.2) is 36.4 Å². The van der Waals surface area contributed by atoms with Gasteiger partial charge in [-0.05, 0) is 44.2 Å². The maximum atomic E-state index is 11.0. The van der Waals surface area contributed by atoms with Crippen LogP contribution in [0.4, 0.5) is 5.69 Å². The first kappa shape index (κ1) is 15.3. The Kier molecular flexibility index (Phi) is 2.93. The van der Waals surface area contributed by atoms with Crippen molar-refractivity contribution in [1.29, 1.82) is 0 Å². The zero-order valence-corrected chi connectivity index (χ0v) is 14.4. The van der Waals surface area contributed by atoms with Crippen LogP contribution in [0.25, 0.3) is 6.08 Å². The molecule has 0 aliphatic carbocycles. The van der Waals surface area contributed by atoms with Crippen molar-refractivity contribution in [3.8, 4) is 17.2 Å². The molecule has 26 heavy (non-hydrogen) atoms. The van der Waals surface area contributed by atoms with Crippen LogP contribution in [0.3, 0.4) is 0 Å². The van der Waals surface area contributed by atoms with Crippen LogP contribution >= 0.6 is 0 Å². The monoisotopic (exact) mass is 351 g/mol. The molecule has 0 bridgehead atoms. The fourth-order valence-corrected chi connectivity index (χ4v) is 3.89. The largest absolute Gasteiger partial charge is 0.492 e. The molecule has 0 spiro atoms. The molecule has 0 saturated heterocycles. The molecule has 2 aromatic rings. The lowest BCUT2D eigenvalue weighted by Gasteiger charge is -2.33. The summed E-state index contributed by atoms with van der Waals surface area (Å²) in [4.78, 5) is 10.6. The summed E-state index contributed by atoms with van der Waals surface area (Å²) >= 11 is 0. The summed E-state index contributed by atoms with van der Waals surface area (Å²) in [6.45, 7) is 4.48. The van der Waals surface area contributed by atoms with Gasteiger partial charge in [0.05, 0.1) is 29.1 Å². The third-order valence-corrected chi connectivity index (χ3v) is 5.15. The highest BCUT2D eigenvalue weighted by atomic mass is 16.6. The molecule has 0 unspecified atom stereocenters. The van der Waals surface area contributed by atoms with Crippen molar-refractivity contribution in [3.05, 3.63) is 63.2 Å². The molecule has 3 aliphatic rings. The molecule has 6 nitrogen and oxygen atoms in total. The van der Waals surface area contributed by atoms with E-state index in [-0.39, 0.29) is 23.3 Å². The van der Waals surface area contributed by atoms with E-state index in [1.165, 1.54) is 12.1 Å². The van der Waals surface area contributed by atoms with Crippen molar-refractivity contribution in [2.75, 3.05) is 6.61 Å². The Morgan fingerprint density at radius 1 is 1.15 bits per heavy atom. The molecule has 3 heterocycles. The molecule has 6 heteroatoms. The third kappa shape index (κ3) is 2.11. The first-order chi connectivity index (χ1) is 12.4. The smallest absolute Gasteiger partial charge is 0.273 e. The van der Waals surface area contributed by atoms with Gasteiger partial charge in [-0.1, -0.05) is 0 Å². The number of nitro benzene ring substituents is 1. The van der Waals surface area contributed by atoms with Gasteiger partial charge >= 0.3 is 0 Å². The van der Waals surface area contributed by atoms with Gasteiger partial charge < -0.3 is 14.2 Å². The Hall–Kier alpha value is -3.02. The first-order valence-corrected chi connectivity index (χ1v) is 8.56. The van der Waals surface area contributed by atoms with Crippen molar-refractivity contribution >= 4 is 11.8 Å². The minimum Gasteiger partial charge on any atom is -0.492 e. The first-order valence-electron chi connectivity index (χ1n) is 8.56. The highest BCUT2D eigenvalue weighted by Crippen LogP contribution is 2.54. The lowest BCUT2D eigenvalue weighted by Crippen LogP contribution is -2.29. The number of rotatable bonds is 1. The second-order valence-corrected chi connectivity index (χ2v) is 7.37. The summed E-state index contributed by atoms with van der Waals surface area (Å²) in [5.74, 6) is 2.16. The van der Waals surface area contributed by atoms with Gasteiger partial charge in [0.1, 0.15) is 29.0 Å².